The Morgan fingerprint density at radius 1 is 0.690 bits per heavy atom. The molecule has 3 nitrogen and oxygen atoms in total. The second-order valence-corrected chi connectivity index (χ2v) is 8.05. The van der Waals surface area contributed by atoms with E-state index < -0.39 is 0 Å². The lowest BCUT2D eigenvalue weighted by Crippen LogP contribution is -2.05. The molecule has 0 aromatic carbocycles. The molecule has 0 spiro atoms. The van der Waals surface area contributed by atoms with Crippen LogP contribution in [0.4, 0.5) is 0 Å². The van der Waals surface area contributed by atoms with E-state index in [1.807, 2.05) is 0 Å². The van der Waals surface area contributed by atoms with Crippen molar-refractivity contribution in [2.45, 2.75) is 122 Å². The van der Waals surface area contributed by atoms with Crippen LogP contribution in [0.1, 0.15) is 122 Å². The summed E-state index contributed by atoms with van der Waals surface area (Å²) in [5, 5.41) is 8.71. The zero-order chi connectivity index (χ0) is 21.3. The number of aliphatic hydroxyl groups is 1. The van der Waals surface area contributed by atoms with Crippen molar-refractivity contribution in [3.63, 3.8) is 0 Å². The molecule has 0 aromatic rings. The lowest BCUT2D eigenvalue weighted by Gasteiger charge is -2.05. The smallest absolute Gasteiger partial charge is 0.305 e. The van der Waals surface area contributed by atoms with Gasteiger partial charge in [-0.15, -0.1) is 0 Å². The second-order valence-electron chi connectivity index (χ2n) is 8.05. The Hall–Kier alpha value is -1.09. The highest BCUT2D eigenvalue weighted by Crippen LogP contribution is 2.09. The minimum Gasteiger partial charge on any atom is -0.466 e. The van der Waals surface area contributed by atoms with Crippen molar-refractivity contribution in [1.82, 2.24) is 0 Å². The quantitative estimate of drug-likeness (QED) is 0.113. The van der Waals surface area contributed by atoms with E-state index in [1.54, 1.807) is 0 Å². The molecule has 0 radical (unpaired) electrons. The van der Waals surface area contributed by atoms with Crippen molar-refractivity contribution in [2.24, 2.45) is 0 Å². The summed E-state index contributed by atoms with van der Waals surface area (Å²) in [4.78, 5) is 11.7. The second kappa shape index (κ2) is 24.9. The highest BCUT2D eigenvalue weighted by atomic mass is 16.5. The van der Waals surface area contributed by atoms with E-state index in [1.165, 1.54) is 57.8 Å². The fraction of sp³-hybridized carbons (Fsp3) is 0.808. The summed E-state index contributed by atoms with van der Waals surface area (Å²) in [6, 6.07) is 0. The summed E-state index contributed by atoms with van der Waals surface area (Å²) < 4.78 is 5.31. The van der Waals surface area contributed by atoms with Crippen LogP contribution in [0.5, 0.6) is 0 Å². The highest BCUT2D eigenvalue weighted by molar-refractivity contribution is 5.69. The molecule has 3 heteroatoms. The molecule has 0 bridgehead atoms. The number of carbonyl (C=O) groups excluding carboxylic acids is 1. The van der Waals surface area contributed by atoms with Crippen LogP contribution < -0.4 is 0 Å². The minimum atomic E-state index is -0.0112. The number of hydrogen-bond donors (Lipinski definition) is 1. The Labute approximate surface area is 181 Å². The third kappa shape index (κ3) is 24.9. The Morgan fingerprint density at radius 3 is 1.90 bits per heavy atom. The van der Waals surface area contributed by atoms with Crippen LogP contribution in [0.3, 0.4) is 0 Å². The summed E-state index contributed by atoms with van der Waals surface area (Å²) in [6.45, 7) is 3.15. The molecule has 0 saturated carbocycles. The maximum Gasteiger partial charge on any atom is 0.305 e. The molecule has 0 aliphatic heterocycles. The van der Waals surface area contributed by atoms with E-state index >= 15 is 0 Å². The zero-order valence-corrected chi connectivity index (χ0v) is 19.2. The summed E-state index contributed by atoms with van der Waals surface area (Å²) in [7, 11) is 0. The van der Waals surface area contributed by atoms with E-state index in [2.05, 4.69) is 31.2 Å². The molecular formula is C26H48O3. The van der Waals surface area contributed by atoms with Gasteiger partial charge in [0.25, 0.3) is 0 Å². The normalized spacial score (nSPS) is 11.7. The van der Waals surface area contributed by atoms with Crippen LogP contribution in [0.15, 0.2) is 24.3 Å². The van der Waals surface area contributed by atoms with Crippen molar-refractivity contribution in [2.75, 3.05) is 13.2 Å². The van der Waals surface area contributed by atoms with Crippen LogP contribution in [0, 0.1) is 0 Å². The molecule has 0 atom stereocenters. The van der Waals surface area contributed by atoms with Gasteiger partial charge < -0.3 is 9.84 Å². The number of unbranched alkanes of at least 4 members (excludes halogenated alkanes) is 13. The maximum atomic E-state index is 11.7. The van der Waals surface area contributed by atoms with Crippen molar-refractivity contribution in [3.8, 4) is 0 Å². The summed E-state index contributed by atoms with van der Waals surface area (Å²) in [5.41, 5.74) is 0. The van der Waals surface area contributed by atoms with Gasteiger partial charge in [-0.2, -0.15) is 0 Å². The molecule has 0 unspecified atom stereocenters. The monoisotopic (exact) mass is 408 g/mol. The third-order valence-electron chi connectivity index (χ3n) is 5.15. The molecule has 0 aliphatic carbocycles. The number of aliphatic hydroxyl groups excluding tert-OH is 1. The predicted octanol–water partition coefficient (Wildman–Crippen LogP) is 7.68. The SMILES string of the molecule is CCCCCCCCOC(=O)CCCCCCCC=CCC=CCCCCCO. The first-order valence-electron chi connectivity index (χ1n) is 12.4. The van der Waals surface area contributed by atoms with E-state index in [9.17, 15) is 4.79 Å². The molecule has 170 valence electrons. The van der Waals surface area contributed by atoms with Gasteiger partial charge in [0.15, 0.2) is 0 Å². The number of hydrogen-bond acceptors (Lipinski definition) is 3. The van der Waals surface area contributed by atoms with E-state index in [-0.39, 0.29) is 5.97 Å². The fourth-order valence-electron chi connectivity index (χ4n) is 3.26. The van der Waals surface area contributed by atoms with Crippen molar-refractivity contribution in [3.05, 3.63) is 24.3 Å². The Morgan fingerprint density at radius 2 is 1.24 bits per heavy atom. The average molecular weight is 409 g/mol. The first-order chi connectivity index (χ1) is 14.3. The summed E-state index contributed by atoms with van der Waals surface area (Å²) in [6.07, 6.45) is 29.3. The van der Waals surface area contributed by atoms with Gasteiger partial charge in [0.05, 0.1) is 6.61 Å². The minimum absolute atomic E-state index is 0.0112. The largest absolute Gasteiger partial charge is 0.466 e. The summed E-state index contributed by atoms with van der Waals surface area (Å²) in [5.74, 6) is -0.0112. The number of carbonyl (C=O) groups is 1. The maximum absolute atomic E-state index is 11.7. The van der Waals surface area contributed by atoms with Gasteiger partial charge in [-0.25, -0.2) is 0 Å². The van der Waals surface area contributed by atoms with Gasteiger partial charge in [-0.3, -0.25) is 4.79 Å². The molecule has 0 aliphatic rings. The Bertz CT molecular complexity index is 387. The third-order valence-corrected chi connectivity index (χ3v) is 5.15. The first kappa shape index (κ1) is 27.9. The molecule has 29 heavy (non-hydrogen) atoms. The Balaban J connectivity index is 3.25. The van der Waals surface area contributed by atoms with Crippen molar-refractivity contribution >= 4 is 5.97 Å². The molecule has 0 amide bonds. The standard InChI is InChI=1S/C26H48O3/c1-2-3-4-5-19-22-25-29-26(28)23-20-17-15-13-11-9-7-6-8-10-12-14-16-18-21-24-27/h6-7,10,12,27H,2-5,8-9,11,13-25H2,1H3. The molecule has 0 heterocycles. The molecule has 0 aromatic heterocycles. The molecule has 0 rings (SSSR count). The zero-order valence-electron chi connectivity index (χ0n) is 19.2. The molecule has 1 N–H and O–H groups in total. The van der Waals surface area contributed by atoms with Gasteiger partial charge in [0, 0.05) is 13.0 Å². The van der Waals surface area contributed by atoms with Gasteiger partial charge in [0.1, 0.15) is 0 Å². The Kier molecular flexibility index (Phi) is 24.0. The van der Waals surface area contributed by atoms with Gasteiger partial charge in [-0.1, -0.05) is 89.0 Å². The van der Waals surface area contributed by atoms with Crippen molar-refractivity contribution in [1.29, 1.82) is 0 Å². The van der Waals surface area contributed by atoms with E-state index in [4.69, 9.17) is 9.84 Å². The number of esters is 1. The molecule has 0 saturated heterocycles. The number of ether oxygens (including phenoxy) is 1. The van der Waals surface area contributed by atoms with Crippen LogP contribution in [-0.4, -0.2) is 24.3 Å². The van der Waals surface area contributed by atoms with Crippen LogP contribution in [0.2, 0.25) is 0 Å². The highest BCUT2D eigenvalue weighted by Gasteiger charge is 2.02. The van der Waals surface area contributed by atoms with Gasteiger partial charge in [0.2, 0.25) is 0 Å². The summed E-state index contributed by atoms with van der Waals surface area (Å²) >= 11 is 0. The lowest BCUT2D eigenvalue weighted by atomic mass is 10.1. The van der Waals surface area contributed by atoms with Gasteiger partial charge >= 0.3 is 5.97 Å². The predicted molar refractivity (Wildman–Crippen MR) is 125 cm³/mol. The van der Waals surface area contributed by atoms with Crippen LogP contribution in [0.25, 0.3) is 0 Å². The van der Waals surface area contributed by atoms with Crippen LogP contribution in [-0.2, 0) is 9.53 Å². The van der Waals surface area contributed by atoms with E-state index in [0.717, 1.165) is 51.4 Å². The molecule has 0 fully saturated rings. The number of rotatable bonds is 22. The first-order valence-corrected chi connectivity index (χ1v) is 12.4. The number of allylic oxidation sites excluding steroid dienone is 4. The van der Waals surface area contributed by atoms with Gasteiger partial charge in [-0.05, 0) is 51.4 Å². The van der Waals surface area contributed by atoms with Crippen LogP contribution >= 0.6 is 0 Å². The lowest BCUT2D eigenvalue weighted by molar-refractivity contribution is -0.143. The average Bonchev–Trinajstić information content (AvgIpc) is 2.72. The topological polar surface area (TPSA) is 46.5 Å². The molecular weight excluding hydrogens is 360 g/mol. The fourth-order valence-corrected chi connectivity index (χ4v) is 3.26. The van der Waals surface area contributed by atoms with E-state index in [0.29, 0.717) is 19.6 Å². The van der Waals surface area contributed by atoms with Crippen molar-refractivity contribution < 1.29 is 14.6 Å².